The molecule has 0 fully saturated rings. The predicted molar refractivity (Wildman–Crippen MR) is 52.3 cm³/mol. The van der Waals surface area contributed by atoms with Crippen molar-refractivity contribution in [3.63, 3.8) is 0 Å². The van der Waals surface area contributed by atoms with Crippen LogP contribution in [0.25, 0.3) is 0 Å². The van der Waals surface area contributed by atoms with E-state index in [1.807, 2.05) is 0 Å². The van der Waals surface area contributed by atoms with Crippen LogP contribution in [0.3, 0.4) is 0 Å². The number of aryl methyl sites for hydroxylation is 1. The van der Waals surface area contributed by atoms with Crippen LogP contribution in [0.5, 0.6) is 0 Å². The number of fused-ring (bicyclic) bond motifs is 1. The molecule has 0 spiro atoms. The number of oxime groups is 1. The fourth-order valence-electron chi connectivity index (χ4n) is 1.88. The van der Waals surface area contributed by atoms with Crippen LogP contribution in [0.1, 0.15) is 30.4 Å². The van der Waals surface area contributed by atoms with Crippen molar-refractivity contribution >= 4 is 5.71 Å². The van der Waals surface area contributed by atoms with Gasteiger partial charge in [-0.2, -0.15) is 0 Å². The molecule has 0 amide bonds. The smallest absolute Gasteiger partial charge is 0.123 e. The molecule has 14 heavy (non-hydrogen) atoms. The van der Waals surface area contributed by atoms with Crippen molar-refractivity contribution in [2.75, 3.05) is 0 Å². The van der Waals surface area contributed by atoms with Crippen molar-refractivity contribution in [1.29, 1.82) is 0 Å². The molecular formula is C11H12FNO. The van der Waals surface area contributed by atoms with Crippen molar-refractivity contribution < 1.29 is 9.60 Å². The van der Waals surface area contributed by atoms with Crippen LogP contribution in [0.2, 0.25) is 0 Å². The fraction of sp³-hybridized carbons (Fsp3) is 0.364. The first kappa shape index (κ1) is 9.19. The second kappa shape index (κ2) is 3.78. The number of benzene rings is 1. The zero-order valence-corrected chi connectivity index (χ0v) is 7.83. The third-order valence-electron chi connectivity index (χ3n) is 2.61. The Morgan fingerprint density at radius 3 is 2.79 bits per heavy atom. The van der Waals surface area contributed by atoms with Crippen LogP contribution < -0.4 is 0 Å². The second-order valence-corrected chi connectivity index (χ2v) is 3.56. The van der Waals surface area contributed by atoms with Crippen LogP contribution in [-0.4, -0.2) is 10.9 Å². The monoisotopic (exact) mass is 193 g/mol. The summed E-state index contributed by atoms with van der Waals surface area (Å²) in [5, 5.41) is 12.1. The molecule has 1 aliphatic carbocycles. The molecule has 0 radical (unpaired) electrons. The van der Waals surface area contributed by atoms with Crippen molar-refractivity contribution in [3.05, 3.63) is 35.1 Å². The highest BCUT2D eigenvalue weighted by molar-refractivity contribution is 6.01. The highest BCUT2D eigenvalue weighted by Crippen LogP contribution is 2.21. The Kier molecular flexibility index (Phi) is 2.48. The Morgan fingerprint density at radius 1 is 1.21 bits per heavy atom. The van der Waals surface area contributed by atoms with Gasteiger partial charge in [-0.25, -0.2) is 4.39 Å². The van der Waals surface area contributed by atoms with Crippen molar-refractivity contribution in [2.24, 2.45) is 5.16 Å². The van der Waals surface area contributed by atoms with E-state index < -0.39 is 0 Å². The maximum Gasteiger partial charge on any atom is 0.123 e. The molecule has 0 heterocycles. The Morgan fingerprint density at radius 2 is 2.00 bits per heavy atom. The molecular weight excluding hydrogens is 181 g/mol. The van der Waals surface area contributed by atoms with E-state index in [1.165, 1.54) is 12.1 Å². The summed E-state index contributed by atoms with van der Waals surface area (Å²) in [5.74, 6) is -0.271. The molecule has 1 N–H and O–H groups in total. The van der Waals surface area contributed by atoms with Crippen molar-refractivity contribution in [3.8, 4) is 0 Å². The molecule has 0 unspecified atom stereocenters. The average molecular weight is 193 g/mol. The summed E-state index contributed by atoms with van der Waals surface area (Å²) in [6.07, 6.45) is 3.73. The van der Waals surface area contributed by atoms with Gasteiger partial charge in [-0.1, -0.05) is 11.2 Å². The molecule has 0 aliphatic heterocycles. The summed E-state index contributed by atoms with van der Waals surface area (Å²) in [4.78, 5) is 0. The van der Waals surface area contributed by atoms with Crippen molar-refractivity contribution in [1.82, 2.24) is 0 Å². The SMILES string of the molecule is ON=C1CCCCc2ccc(F)cc21. The lowest BCUT2D eigenvalue weighted by atomic mass is 10.0. The Hall–Kier alpha value is -1.38. The quantitative estimate of drug-likeness (QED) is 0.383. The maximum atomic E-state index is 13.0. The molecule has 0 bridgehead atoms. The van der Waals surface area contributed by atoms with Gasteiger partial charge in [0.25, 0.3) is 0 Å². The van der Waals surface area contributed by atoms with Crippen LogP contribution in [0.4, 0.5) is 4.39 Å². The number of hydrogen-bond donors (Lipinski definition) is 1. The number of hydrogen-bond acceptors (Lipinski definition) is 2. The lowest BCUT2D eigenvalue weighted by Crippen LogP contribution is -2.02. The van der Waals surface area contributed by atoms with Gasteiger partial charge in [-0.3, -0.25) is 0 Å². The van der Waals surface area contributed by atoms with E-state index in [4.69, 9.17) is 5.21 Å². The van der Waals surface area contributed by atoms with Gasteiger partial charge in [-0.15, -0.1) is 0 Å². The standard InChI is InChI=1S/C11H12FNO/c12-9-6-5-8-3-1-2-4-11(13-14)10(8)7-9/h5-7,14H,1-4H2. The highest BCUT2D eigenvalue weighted by atomic mass is 19.1. The third kappa shape index (κ3) is 1.62. The Labute approximate surface area is 82.1 Å². The molecule has 1 aromatic carbocycles. The van der Waals surface area contributed by atoms with E-state index in [2.05, 4.69) is 5.16 Å². The van der Waals surface area contributed by atoms with Crippen LogP contribution >= 0.6 is 0 Å². The molecule has 1 aromatic rings. The molecule has 0 saturated heterocycles. The maximum absolute atomic E-state index is 13.0. The summed E-state index contributed by atoms with van der Waals surface area (Å²) in [7, 11) is 0. The number of rotatable bonds is 0. The molecule has 0 aromatic heterocycles. The minimum Gasteiger partial charge on any atom is -0.411 e. The summed E-state index contributed by atoms with van der Waals surface area (Å²) < 4.78 is 13.0. The summed E-state index contributed by atoms with van der Waals surface area (Å²) in [6.45, 7) is 0. The normalized spacial score (nSPS) is 19.1. The van der Waals surface area contributed by atoms with Gasteiger partial charge in [0.1, 0.15) is 5.82 Å². The topological polar surface area (TPSA) is 32.6 Å². The summed E-state index contributed by atoms with van der Waals surface area (Å²) >= 11 is 0. The number of nitrogens with zero attached hydrogens (tertiary/aromatic N) is 1. The van der Waals surface area contributed by atoms with E-state index in [1.54, 1.807) is 6.07 Å². The van der Waals surface area contributed by atoms with Gasteiger partial charge in [0.15, 0.2) is 0 Å². The molecule has 0 saturated carbocycles. The third-order valence-corrected chi connectivity index (χ3v) is 2.61. The minimum atomic E-state index is -0.271. The predicted octanol–water partition coefficient (Wildman–Crippen LogP) is 2.73. The van der Waals surface area contributed by atoms with Gasteiger partial charge in [0.2, 0.25) is 0 Å². The van der Waals surface area contributed by atoms with Gasteiger partial charge < -0.3 is 5.21 Å². The van der Waals surface area contributed by atoms with E-state index in [9.17, 15) is 4.39 Å². The highest BCUT2D eigenvalue weighted by Gasteiger charge is 2.14. The lowest BCUT2D eigenvalue weighted by molar-refractivity contribution is 0.318. The fourth-order valence-corrected chi connectivity index (χ4v) is 1.88. The van der Waals surface area contributed by atoms with Crippen LogP contribution in [0.15, 0.2) is 23.4 Å². The van der Waals surface area contributed by atoms with E-state index >= 15 is 0 Å². The average Bonchev–Trinajstić information content (AvgIpc) is 2.39. The van der Waals surface area contributed by atoms with Crippen LogP contribution in [0, 0.1) is 5.82 Å². The van der Waals surface area contributed by atoms with E-state index in [-0.39, 0.29) is 5.82 Å². The Balaban J connectivity index is 2.51. The van der Waals surface area contributed by atoms with Gasteiger partial charge in [0, 0.05) is 5.56 Å². The lowest BCUT2D eigenvalue weighted by Gasteiger charge is -2.05. The molecule has 74 valence electrons. The molecule has 0 atom stereocenters. The van der Waals surface area contributed by atoms with Gasteiger partial charge >= 0.3 is 0 Å². The van der Waals surface area contributed by atoms with E-state index in [0.29, 0.717) is 5.71 Å². The first-order chi connectivity index (χ1) is 6.81. The Bertz CT molecular complexity index is 374. The molecule has 1 aliphatic rings. The van der Waals surface area contributed by atoms with Gasteiger partial charge in [0.05, 0.1) is 5.71 Å². The molecule has 2 nitrogen and oxygen atoms in total. The first-order valence-corrected chi connectivity index (χ1v) is 4.81. The first-order valence-electron chi connectivity index (χ1n) is 4.81. The zero-order chi connectivity index (χ0) is 9.97. The minimum absolute atomic E-state index is 0.271. The van der Waals surface area contributed by atoms with Crippen LogP contribution in [-0.2, 0) is 6.42 Å². The second-order valence-electron chi connectivity index (χ2n) is 3.56. The summed E-state index contributed by atoms with van der Waals surface area (Å²) in [5.41, 5.74) is 2.46. The summed E-state index contributed by atoms with van der Waals surface area (Å²) in [6, 6.07) is 4.69. The molecule has 3 heteroatoms. The molecule has 2 rings (SSSR count). The zero-order valence-electron chi connectivity index (χ0n) is 7.83. The van der Waals surface area contributed by atoms with Crippen molar-refractivity contribution in [2.45, 2.75) is 25.7 Å². The van der Waals surface area contributed by atoms with E-state index in [0.717, 1.165) is 36.8 Å². The largest absolute Gasteiger partial charge is 0.411 e. The number of halogens is 1. The van der Waals surface area contributed by atoms with Gasteiger partial charge in [-0.05, 0) is 43.4 Å².